The Bertz CT molecular complexity index is 297. The lowest BCUT2D eigenvalue weighted by molar-refractivity contribution is -0.385. The second-order valence-electron chi connectivity index (χ2n) is 2.60. The Kier molecular flexibility index (Phi) is 2.40. The van der Waals surface area contributed by atoms with E-state index in [1.807, 2.05) is 0 Å². The van der Waals surface area contributed by atoms with Crippen LogP contribution in [0.2, 0.25) is 0 Å². The topological polar surface area (TPSA) is 69.2 Å². The number of hydrogen-bond donors (Lipinski definition) is 1. The molecule has 0 fully saturated rings. The van der Waals surface area contributed by atoms with E-state index in [-0.39, 0.29) is 11.7 Å². The van der Waals surface area contributed by atoms with Gasteiger partial charge in [-0.3, -0.25) is 10.1 Å². The van der Waals surface area contributed by atoms with E-state index in [0.717, 1.165) is 0 Å². The summed E-state index contributed by atoms with van der Waals surface area (Å²) in [4.78, 5) is 10.1. The Morgan fingerprint density at radius 1 is 1.50 bits per heavy atom. The molecule has 0 aliphatic heterocycles. The van der Waals surface area contributed by atoms with Crippen LogP contribution in [0, 0.1) is 10.1 Å². The molecule has 0 aliphatic carbocycles. The van der Waals surface area contributed by atoms with Crippen molar-refractivity contribution < 1.29 is 4.92 Å². The molecular weight excluding hydrogens is 156 g/mol. The van der Waals surface area contributed by atoms with Gasteiger partial charge in [-0.05, 0) is 6.92 Å². The summed E-state index contributed by atoms with van der Waals surface area (Å²) in [5.74, 6) is 0. The van der Waals surface area contributed by atoms with Crippen LogP contribution in [0.1, 0.15) is 18.5 Å². The van der Waals surface area contributed by atoms with Gasteiger partial charge in [-0.15, -0.1) is 0 Å². The number of rotatable bonds is 2. The maximum absolute atomic E-state index is 10.5. The van der Waals surface area contributed by atoms with Gasteiger partial charge in [0, 0.05) is 17.7 Å². The van der Waals surface area contributed by atoms with Crippen molar-refractivity contribution in [3.63, 3.8) is 0 Å². The standard InChI is InChI=1S/C8H10N2O2/c1-6(9)7-4-2-3-5-8(7)10(11)12/h2-6H,9H2,1H3/t6-/m0/s1. The van der Waals surface area contributed by atoms with Gasteiger partial charge in [0.15, 0.2) is 0 Å². The van der Waals surface area contributed by atoms with Gasteiger partial charge in [0.1, 0.15) is 0 Å². The van der Waals surface area contributed by atoms with Gasteiger partial charge in [-0.25, -0.2) is 0 Å². The molecule has 64 valence electrons. The smallest absolute Gasteiger partial charge is 0.274 e. The summed E-state index contributed by atoms with van der Waals surface area (Å²) < 4.78 is 0. The van der Waals surface area contributed by atoms with Gasteiger partial charge in [0.25, 0.3) is 5.69 Å². The van der Waals surface area contributed by atoms with E-state index in [9.17, 15) is 10.1 Å². The zero-order valence-corrected chi connectivity index (χ0v) is 6.73. The number of nitro groups is 1. The lowest BCUT2D eigenvalue weighted by atomic mass is 10.1. The molecule has 0 bridgehead atoms. The Morgan fingerprint density at radius 3 is 2.50 bits per heavy atom. The van der Waals surface area contributed by atoms with Crippen molar-refractivity contribution in [2.45, 2.75) is 13.0 Å². The summed E-state index contributed by atoms with van der Waals surface area (Å²) in [6.07, 6.45) is 0. The molecule has 0 saturated heterocycles. The summed E-state index contributed by atoms with van der Waals surface area (Å²) >= 11 is 0. The molecule has 4 nitrogen and oxygen atoms in total. The molecular formula is C8H10N2O2. The van der Waals surface area contributed by atoms with Gasteiger partial charge in [-0.1, -0.05) is 18.2 Å². The lowest BCUT2D eigenvalue weighted by Gasteiger charge is -2.04. The monoisotopic (exact) mass is 166 g/mol. The van der Waals surface area contributed by atoms with E-state index in [2.05, 4.69) is 0 Å². The molecule has 0 heterocycles. The highest BCUT2D eigenvalue weighted by atomic mass is 16.6. The van der Waals surface area contributed by atoms with Crippen LogP contribution in [-0.4, -0.2) is 4.92 Å². The van der Waals surface area contributed by atoms with Crippen LogP contribution in [-0.2, 0) is 0 Å². The van der Waals surface area contributed by atoms with Crippen LogP contribution in [0.4, 0.5) is 5.69 Å². The Balaban J connectivity index is 3.17. The van der Waals surface area contributed by atoms with Crippen molar-refractivity contribution in [2.75, 3.05) is 0 Å². The van der Waals surface area contributed by atoms with Crippen LogP contribution < -0.4 is 5.73 Å². The highest BCUT2D eigenvalue weighted by Gasteiger charge is 2.14. The van der Waals surface area contributed by atoms with Gasteiger partial charge in [0.05, 0.1) is 4.92 Å². The first kappa shape index (κ1) is 8.67. The minimum Gasteiger partial charge on any atom is -0.324 e. The van der Waals surface area contributed by atoms with Crippen molar-refractivity contribution >= 4 is 5.69 Å². The van der Waals surface area contributed by atoms with Crippen LogP contribution in [0.15, 0.2) is 24.3 Å². The third kappa shape index (κ3) is 1.60. The first-order chi connectivity index (χ1) is 5.63. The minimum atomic E-state index is -0.418. The van der Waals surface area contributed by atoms with Crippen molar-refractivity contribution in [1.82, 2.24) is 0 Å². The predicted octanol–water partition coefficient (Wildman–Crippen LogP) is 1.61. The highest BCUT2D eigenvalue weighted by Crippen LogP contribution is 2.22. The third-order valence-corrected chi connectivity index (χ3v) is 1.62. The summed E-state index contributed by atoms with van der Waals surface area (Å²) in [5.41, 5.74) is 6.21. The fraction of sp³-hybridized carbons (Fsp3) is 0.250. The molecule has 0 spiro atoms. The minimum absolute atomic E-state index is 0.0903. The Hall–Kier alpha value is -1.42. The van der Waals surface area contributed by atoms with Crippen LogP contribution >= 0.6 is 0 Å². The second-order valence-corrected chi connectivity index (χ2v) is 2.60. The quantitative estimate of drug-likeness (QED) is 0.536. The lowest BCUT2D eigenvalue weighted by Crippen LogP contribution is -2.07. The van der Waals surface area contributed by atoms with Crippen molar-refractivity contribution in [3.05, 3.63) is 39.9 Å². The molecule has 0 amide bonds. The maximum atomic E-state index is 10.5. The normalized spacial score (nSPS) is 12.5. The largest absolute Gasteiger partial charge is 0.324 e. The molecule has 12 heavy (non-hydrogen) atoms. The van der Waals surface area contributed by atoms with Gasteiger partial charge in [-0.2, -0.15) is 0 Å². The number of nitrogens with zero attached hydrogens (tertiary/aromatic N) is 1. The summed E-state index contributed by atoms with van der Waals surface area (Å²) in [6.45, 7) is 1.72. The SMILES string of the molecule is C[C@H](N)c1ccccc1[N+](=O)[O-]. The van der Waals surface area contributed by atoms with Crippen molar-refractivity contribution in [2.24, 2.45) is 5.73 Å². The van der Waals surface area contributed by atoms with E-state index in [1.165, 1.54) is 6.07 Å². The fourth-order valence-corrected chi connectivity index (χ4v) is 1.04. The average molecular weight is 166 g/mol. The predicted molar refractivity (Wildman–Crippen MR) is 45.7 cm³/mol. The summed E-state index contributed by atoms with van der Waals surface area (Å²) in [6, 6.07) is 6.20. The number of para-hydroxylation sites is 1. The molecule has 4 heteroatoms. The van der Waals surface area contributed by atoms with Gasteiger partial charge in [0.2, 0.25) is 0 Å². The number of benzene rings is 1. The molecule has 0 radical (unpaired) electrons. The molecule has 0 aliphatic rings. The van der Waals surface area contributed by atoms with Gasteiger partial charge < -0.3 is 5.73 Å². The molecule has 0 aromatic heterocycles. The molecule has 2 N–H and O–H groups in total. The van der Waals surface area contributed by atoms with Crippen LogP contribution in [0.3, 0.4) is 0 Å². The zero-order chi connectivity index (χ0) is 9.14. The van der Waals surface area contributed by atoms with E-state index in [0.29, 0.717) is 5.56 Å². The highest BCUT2D eigenvalue weighted by molar-refractivity contribution is 5.41. The fourth-order valence-electron chi connectivity index (χ4n) is 1.04. The molecule has 1 aromatic carbocycles. The van der Waals surface area contributed by atoms with Crippen LogP contribution in [0.5, 0.6) is 0 Å². The third-order valence-electron chi connectivity index (χ3n) is 1.62. The van der Waals surface area contributed by atoms with E-state index >= 15 is 0 Å². The number of nitro benzene ring substituents is 1. The number of hydrogen-bond acceptors (Lipinski definition) is 3. The number of nitrogens with two attached hydrogens (primary N) is 1. The first-order valence-corrected chi connectivity index (χ1v) is 3.62. The molecule has 0 saturated carbocycles. The molecule has 1 aromatic rings. The van der Waals surface area contributed by atoms with Crippen molar-refractivity contribution in [3.8, 4) is 0 Å². The average Bonchev–Trinajstić information content (AvgIpc) is 2.04. The summed E-state index contributed by atoms with van der Waals surface area (Å²) in [7, 11) is 0. The van der Waals surface area contributed by atoms with E-state index in [1.54, 1.807) is 25.1 Å². The van der Waals surface area contributed by atoms with Gasteiger partial charge >= 0.3 is 0 Å². The summed E-state index contributed by atoms with van der Waals surface area (Å²) in [5, 5.41) is 10.5. The second kappa shape index (κ2) is 3.32. The Morgan fingerprint density at radius 2 is 2.08 bits per heavy atom. The van der Waals surface area contributed by atoms with E-state index < -0.39 is 4.92 Å². The molecule has 1 atom stereocenters. The zero-order valence-electron chi connectivity index (χ0n) is 6.73. The maximum Gasteiger partial charge on any atom is 0.274 e. The molecule has 1 rings (SSSR count). The van der Waals surface area contributed by atoms with E-state index in [4.69, 9.17) is 5.73 Å². The van der Waals surface area contributed by atoms with Crippen molar-refractivity contribution in [1.29, 1.82) is 0 Å². The Labute approximate surface area is 70.2 Å². The van der Waals surface area contributed by atoms with Crippen LogP contribution in [0.25, 0.3) is 0 Å². The molecule has 0 unspecified atom stereocenters. The first-order valence-electron chi connectivity index (χ1n) is 3.62.